The molecule has 0 aromatic heterocycles. The smallest absolute Gasteiger partial charge is 0.0574 e. The van der Waals surface area contributed by atoms with E-state index in [1.807, 2.05) is 6.07 Å². The zero-order valence-electron chi connectivity index (χ0n) is 10.4. The Labute approximate surface area is 117 Å². The predicted molar refractivity (Wildman–Crippen MR) is 83.2 cm³/mol. The lowest BCUT2D eigenvalue weighted by Gasteiger charge is -2.29. The van der Waals surface area contributed by atoms with Crippen LogP contribution in [-0.2, 0) is 0 Å². The van der Waals surface area contributed by atoms with E-state index in [1.165, 1.54) is 29.3 Å². The number of nitrogens with two attached hydrogens (primary N) is 1. The Morgan fingerprint density at radius 1 is 1.35 bits per heavy atom. The third kappa shape index (κ3) is 3.50. The predicted octanol–water partition coefficient (Wildman–Crippen LogP) is 4.11. The molecule has 94 valence electrons. The first-order valence-corrected chi connectivity index (χ1v) is 7.53. The van der Waals surface area contributed by atoms with Crippen molar-refractivity contribution in [1.82, 2.24) is 0 Å². The standard InChI is InChI=1S/C14H21IN2/c1-10-4-2-3-5-11(10)9-17-14-7-6-12(15)8-13(14)16/h6-8,10-11,17H,2-5,9,16H2,1H3. The summed E-state index contributed by atoms with van der Waals surface area (Å²) in [5.41, 5.74) is 7.95. The van der Waals surface area contributed by atoms with Gasteiger partial charge in [0.15, 0.2) is 0 Å². The molecule has 0 amide bonds. The second-order valence-electron chi connectivity index (χ2n) is 5.13. The van der Waals surface area contributed by atoms with Crippen molar-refractivity contribution in [1.29, 1.82) is 0 Å². The quantitative estimate of drug-likeness (QED) is 0.640. The van der Waals surface area contributed by atoms with Crippen LogP contribution in [0, 0.1) is 15.4 Å². The Morgan fingerprint density at radius 2 is 2.12 bits per heavy atom. The van der Waals surface area contributed by atoms with Gasteiger partial charge in [0.05, 0.1) is 11.4 Å². The molecule has 3 N–H and O–H groups in total. The van der Waals surface area contributed by atoms with Gasteiger partial charge in [-0.3, -0.25) is 0 Å². The number of nitrogen functional groups attached to an aromatic ring is 1. The average Bonchev–Trinajstić information content (AvgIpc) is 2.30. The van der Waals surface area contributed by atoms with Crippen LogP contribution in [0.3, 0.4) is 0 Å². The van der Waals surface area contributed by atoms with Crippen molar-refractivity contribution in [2.75, 3.05) is 17.6 Å². The van der Waals surface area contributed by atoms with Crippen LogP contribution in [-0.4, -0.2) is 6.54 Å². The summed E-state index contributed by atoms with van der Waals surface area (Å²) in [5.74, 6) is 1.66. The van der Waals surface area contributed by atoms with E-state index in [0.29, 0.717) is 0 Å². The van der Waals surface area contributed by atoms with Gasteiger partial charge in [0.25, 0.3) is 0 Å². The normalized spacial score (nSPS) is 24.6. The minimum Gasteiger partial charge on any atom is -0.397 e. The Balaban J connectivity index is 1.92. The van der Waals surface area contributed by atoms with Crippen LogP contribution in [0.2, 0.25) is 0 Å². The van der Waals surface area contributed by atoms with E-state index >= 15 is 0 Å². The van der Waals surface area contributed by atoms with Crippen molar-refractivity contribution in [3.63, 3.8) is 0 Å². The van der Waals surface area contributed by atoms with E-state index in [-0.39, 0.29) is 0 Å². The monoisotopic (exact) mass is 344 g/mol. The van der Waals surface area contributed by atoms with Crippen LogP contribution >= 0.6 is 22.6 Å². The molecule has 0 saturated heterocycles. The SMILES string of the molecule is CC1CCCCC1CNc1ccc(I)cc1N. The van der Waals surface area contributed by atoms with Gasteiger partial charge < -0.3 is 11.1 Å². The number of nitrogens with one attached hydrogen (secondary N) is 1. The van der Waals surface area contributed by atoms with Crippen molar-refractivity contribution in [3.8, 4) is 0 Å². The van der Waals surface area contributed by atoms with Gasteiger partial charge in [0, 0.05) is 10.1 Å². The maximum absolute atomic E-state index is 6.00. The van der Waals surface area contributed by atoms with Crippen molar-refractivity contribution in [2.45, 2.75) is 32.6 Å². The largest absolute Gasteiger partial charge is 0.397 e. The average molecular weight is 344 g/mol. The fourth-order valence-electron chi connectivity index (χ4n) is 2.63. The highest BCUT2D eigenvalue weighted by atomic mass is 127. The molecule has 0 spiro atoms. The van der Waals surface area contributed by atoms with E-state index in [2.05, 4.69) is 47.0 Å². The van der Waals surface area contributed by atoms with Crippen molar-refractivity contribution in [3.05, 3.63) is 21.8 Å². The minimum atomic E-state index is 0.808. The van der Waals surface area contributed by atoms with Gasteiger partial charge >= 0.3 is 0 Å². The van der Waals surface area contributed by atoms with Crippen LogP contribution in [0.4, 0.5) is 11.4 Å². The Hall–Kier alpha value is -0.450. The number of halogens is 1. The molecule has 0 bridgehead atoms. The first-order valence-electron chi connectivity index (χ1n) is 6.45. The molecule has 3 heteroatoms. The number of rotatable bonds is 3. The molecule has 1 fully saturated rings. The van der Waals surface area contributed by atoms with E-state index in [9.17, 15) is 0 Å². The molecular weight excluding hydrogens is 323 g/mol. The fourth-order valence-corrected chi connectivity index (χ4v) is 3.15. The molecule has 2 nitrogen and oxygen atoms in total. The van der Waals surface area contributed by atoms with E-state index in [1.54, 1.807) is 0 Å². The highest BCUT2D eigenvalue weighted by molar-refractivity contribution is 14.1. The van der Waals surface area contributed by atoms with Crippen LogP contribution in [0.5, 0.6) is 0 Å². The molecule has 17 heavy (non-hydrogen) atoms. The molecule has 0 aliphatic heterocycles. The van der Waals surface area contributed by atoms with E-state index in [4.69, 9.17) is 5.73 Å². The van der Waals surface area contributed by atoms with Gasteiger partial charge in [-0.05, 0) is 59.0 Å². The summed E-state index contributed by atoms with van der Waals surface area (Å²) >= 11 is 2.29. The summed E-state index contributed by atoms with van der Waals surface area (Å²) in [7, 11) is 0. The maximum Gasteiger partial charge on any atom is 0.0574 e. The molecule has 0 radical (unpaired) electrons. The lowest BCUT2D eigenvalue weighted by molar-refractivity contribution is 0.268. The first-order chi connectivity index (χ1) is 8.16. The zero-order valence-corrected chi connectivity index (χ0v) is 12.5. The second kappa shape index (κ2) is 5.94. The Bertz CT molecular complexity index is 378. The Morgan fingerprint density at radius 3 is 2.82 bits per heavy atom. The minimum absolute atomic E-state index is 0.808. The van der Waals surface area contributed by atoms with Gasteiger partial charge in [0.1, 0.15) is 0 Å². The number of anilines is 2. The third-order valence-corrected chi connectivity index (χ3v) is 4.53. The summed E-state index contributed by atoms with van der Waals surface area (Å²) in [6.45, 7) is 3.44. The molecule has 1 aromatic rings. The molecule has 2 rings (SSSR count). The lowest BCUT2D eigenvalue weighted by atomic mass is 9.80. The number of hydrogen-bond donors (Lipinski definition) is 2. The highest BCUT2D eigenvalue weighted by Gasteiger charge is 2.20. The molecule has 1 aliphatic carbocycles. The summed E-state index contributed by atoms with van der Waals surface area (Å²) in [4.78, 5) is 0. The van der Waals surface area contributed by atoms with E-state index in [0.717, 1.165) is 29.8 Å². The third-order valence-electron chi connectivity index (χ3n) is 3.86. The molecule has 1 saturated carbocycles. The topological polar surface area (TPSA) is 38.0 Å². The lowest BCUT2D eigenvalue weighted by Crippen LogP contribution is -2.24. The molecule has 0 heterocycles. The molecule has 1 aromatic carbocycles. The van der Waals surface area contributed by atoms with Crippen molar-refractivity contribution >= 4 is 34.0 Å². The van der Waals surface area contributed by atoms with Crippen LogP contribution in [0.25, 0.3) is 0 Å². The summed E-state index contributed by atoms with van der Waals surface area (Å²) in [6, 6.07) is 6.21. The van der Waals surface area contributed by atoms with Crippen LogP contribution in [0.15, 0.2) is 18.2 Å². The Kier molecular flexibility index (Phi) is 4.54. The molecule has 2 unspecified atom stereocenters. The summed E-state index contributed by atoms with van der Waals surface area (Å²) < 4.78 is 1.19. The van der Waals surface area contributed by atoms with Crippen LogP contribution in [0.1, 0.15) is 32.6 Å². The van der Waals surface area contributed by atoms with Crippen LogP contribution < -0.4 is 11.1 Å². The van der Waals surface area contributed by atoms with Gasteiger partial charge in [-0.2, -0.15) is 0 Å². The fraction of sp³-hybridized carbons (Fsp3) is 0.571. The zero-order chi connectivity index (χ0) is 12.3. The van der Waals surface area contributed by atoms with Gasteiger partial charge in [-0.1, -0.05) is 26.2 Å². The van der Waals surface area contributed by atoms with E-state index < -0.39 is 0 Å². The second-order valence-corrected chi connectivity index (χ2v) is 6.38. The maximum atomic E-state index is 6.00. The van der Waals surface area contributed by atoms with Gasteiger partial charge in [-0.25, -0.2) is 0 Å². The first kappa shape index (κ1) is 13.0. The molecule has 1 aliphatic rings. The number of hydrogen-bond acceptors (Lipinski definition) is 2. The van der Waals surface area contributed by atoms with Crippen molar-refractivity contribution < 1.29 is 0 Å². The van der Waals surface area contributed by atoms with Gasteiger partial charge in [0.2, 0.25) is 0 Å². The molecular formula is C14H21IN2. The van der Waals surface area contributed by atoms with Gasteiger partial charge in [-0.15, -0.1) is 0 Å². The summed E-state index contributed by atoms with van der Waals surface area (Å²) in [6.07, 6.45) is 5.54. The number of benzene rings is 1. The molecule has 2 atom stereocenters. The van der Waals surface area contributed by atoms with Crippen molar-refractivity contribution in [2.24, 2.45) is 11.8 Å². The summed E-state index contributed by atoms with van der Waals surface area (Å²) in [5, 5.41) is 3.51. The highest BCUT2D eigenvalue weighted by Crippen LogP contribution is 2.30.